The molecule has 0 radical (unpaired) electrons. The lowest BCUT2D eigenvalue weighted by atomic mass is 10.4. The summed E-state index contributed by atoms with van der Waals surface area (Å²) in [4.78, 5) is 15.6. The summed E-state index contributed by atoms with van der Waals surface area (Å²) in [5.41, 5.74) is 11.5. The number of carbonyl (C=O) groups is 1. The maximum atomic E-state index is 11.7. The molecule has 0 unspecified atom stereocenters. The van der Waals surface area contributed by atoms with E-state index in [1.165, 1.54) is 18.0 Å². The monoisotopic (exact) mass is 378 g/mol. The van der Waals surface area contributed by atoms with E-state index in [0.29, 0.717) is 14.3 Å². The van der Waals surface area contributed by atoms with Crippen LogP contribution >= 0.6 is 34.4 Å². The molecule has 0 rings (SSSR count). The van der Waals surface area contributed by atoms with Gasteiger partial charge in [0.25, 0.3) is 5.91 Å². The lowest BCUT2D eigenvalue weighted by Gasteiger charge is -2.05. The number of allylic oxidation sites excluding steroid dienone is 2. The Morgan fingerprint density at radius 3 is 2.56 bits per heavy atom. The molecule has 5 nitrogen and oxygen atoms in total. The van der Waals surface area contributed by atoms with Gasteiger partial charge in [0.05, 0.1) is 5.03 Å². The Labute approximate surface area is 124 Å². The molecule has 0 aromatic heterocycles. The molecule has 0 aliphatic carbocycles. The zero-order chi connectivity index (χ0) is 14.1. The SMILES string of the molecule is C=C(I)C=N/C(=C\N)C(=O)NC(=C)S/C=C(/C)N. The summed E-state index contributed by atoms with van der Waals surface area (Å²) in [6.45, 7) is 9.03. The predicted octanol–water partition coefficient (Wildman–Crippen LogP) is 1.95. The van der Waals surface area contributed by atoms with E-state index in [-0.39, 0.29) is 5.70 Å². The van der Waals surface area contributed by atoms with E-state index in [2.05, 4.69) is 23.5 Å². The zero-order valence-corrected chi connectivity index (χ0v) is 12.9. The van der Waals surface area contributed by atoms with Gasteiger partial charge in [0.15, 0.2) is 0 Å². The number of nitrogens with one attached hydrogen (secondary N) is 1. The molecule has 0 aliphatic rings. The summed E-state index contributed by atoms with van der Waals surface area (Å²) in [5, 5.41) is 4.65. The highest BCUT2D eigenvalue weighted by Gasteiger charge is 2.08. The first-order valence-electron chi connectivity index (χ1n) is 4.76. The van der Waals surface area contributed by atoms with Crippen LogP contribution in [0, 0.1) is 0 Å². The first-order chi connectivity index (χ1) is 8.36. The van der Waals surface area contributed by atoms with Crippen molar-refractivity contribution in [3.63, 3.8) is 0 Å². The fourth-order valence-electron chi connectivity index (χ4n) is 0.701. The third-order valence-corrected chi connectivity index (χ3v) is 2.53. The van der Waals surface area contributed by atoms with Gasteiger partial charge in [-0.2, -0.15) is 0 Å². The molecule has 0 aromatic carbocycles. The second-order valence-electron chi connectivity index (χ2n) is 3.11. The fourth-order valence-corrected chi connectivity index (χ4v) is 1.32. The molecule has 0 fully saturated rings. The molecule has 0 aliphatic heterocycles. The second-order valence-corrected chi connectivity index (χ2v) is 5.46. The maximum absolute atomic E-state index is 11.7. The second kappa shape index (κ2) is 8.81. The molecule has 0 saturated heterocycles. The van der Waals surface area contributed by atoms with Gasteiger partial charge in [-0.05, 0) is 34.9 Å². The van der Waals surface area contributed by atoms with Gasteiger partial charge in [-0.3, -0.25) is 4.79 Å². The molecule has 0 atom stereocenters. The van der Waals surface area contributed by atoms with Crippen molar-refractivity contribution < 1.29 is 4.79 Å². The van der Waals surface area contributed by atoms with Crippen LogP contribution in [0.4, 0.5) is 0 Å². The van der Waals surface area contributed by atoms with Crippen molar-refractivity contribution in [1.82, 2.24) is 5.32 Å². The van der Waals surface area contributed by atoms with Gasteiger partial charge in [-0.15, -0.1) is 0 Å². The van der Waals surface area contributed by atoms with Gasteiger partial charge in [0.2, 0.25) is 0 Å². The lowest BCUT2D eigenvalue weighted by Crippen LogP contribution is -2.22. The average Bonchev–Trinajstić information content (AvgIpc) is 2.26. The highest BCUT2D eigenvalue weighted by Crippen LogP contribution is 2.13. The Morgan fingerprint density at radius 1 is 1.50 bits per heavy atom. The Hall–Kier alpha value is -1.22. The van der Waals surface area contributed by atoms with Crippen LogP contribution in [0.1, 0.15) is 6.92 Å². The van der Waals surface area contributed by atoms with Crippen molar-refractivity contribution in [1.29, 1.82) is 0 Å². The highest BCUT2D eigenvalue weighted by molar-refractivity contribution is 14.1. The molecule has 1 amide bonds. The molecule has 98 valence electrons. The van der Waals surface area contributed by atoms with Crippen LogP contribution in [-0.4, -0.2) is 12.1 Å². The van der Waals surface area contributed by atoms with Crippen molar-refractivity contribution in [2.24, 2.45) is 16.5 Å². The fraction of sp³-hybridized carbons (Fsp3) is 0.0909. The summed E-state index contributed by atoms with van der Waals surface area (Å²) < 4.78 is 0.689. The number of hydrogen-bond donors (Lipinski definition) is 3. The van der Waals surface area contributed by atoms with E-state index < -0.39 is 5.91 Å². The average molecular weight is 378 g/mol. The smallest absolute Gasteiger partial charge is 0.276 e. The summed E-state index contributed by atoms with van der Waals surface area (Å²) in [6.07, 6.45) is 2.56. The molecule has 5 N–H and O–H groups in total. The molecule has 0 spiro atoms. The molecule has 0 bridgehead atoms. The van der Waals surface area contributed by atoms with Gasteiger partial charge < -0.3 is 16.8 Å². The number of nitrogens with two attached hydrogens (primary N) is 2. The van der Waals surface area contributed by atoms with E-state index in [1.807, 2.05) is 22.6 Å². The number of hydrogen-bond acceptors (Lipinski definition) is 5. The van der Waals surface area contributed by atoms with Crippen molar-refractivity contribution in [2.45, 2.75) is 6.92 Å². The summed E-state index contributed by atoms with van der Waals surface area (Å²) in [6, 6.07) is 0. The van der Waals surface area contributed by atoms with Gasteiger partial charge in [-0.1, -0.05) is 24.9 Å². The molecule has 7 heteroatoms. The van der Waals surface area contributed by atoms with Crippen molar-refractivity contribution >= 4 is 46.5 Å². The van der Waals surface area contributed by atoms with E-state index in [9.17, 15) is 4.79 Å². The minimum absolute atomic E-state index is 0.0861. The van der Waals surface area contributed by atoms with Gasteiger partial charge in [0.1, 0.15) is 5.70 Å². The minimum Gasteiger partial charge on any atom is -0.403 e. The topological polar surface area (TPSA) is 93.5 Å². The Balaban J connectivity index is 4.51. The van der Waals surface area contributed by atoms with Crippen molar-refractivity contribution in [2.75, 3.05) is 0 Å². The quantitative estimate of drug-likeness (QED) is 0.374. The van der Waals surface area contributed by atoms with Crippen LogP contribution in [0.2, 0.25) is 0 Å². The van der Waals surface area contributed by atoms with E-state index in [1.54, 1.807) is 12.3 Å². The standard InChI is InChI=1S/C11H15IN4OS/c1-7(12)5-15-10(4-13)11(17)16-9(3)18-6-8(2)14/h4-6H,1,3,13-14H2,2H3,(H,16,17)/b8-6-,10-4-,15-5?. The zero-order valence-electron chi connectivity index (χ0n) is 9.94. The van der Waals surface area contributed by atoms with E-state index >= 15 is 0 Å². The number of amides is 1. The van der Waals surface area contributed by atoms with Gasteiger partial charge >= 0.3 is 0 Å². The van der Waals surface area contributed by atoms with Crippen molar-refractivity contribution in [3.8, 4) is 0 Å². The van der Waals surface area contributed by atoms with E-state index in [4.69, 9.17) is 11.5 Å². The largest absolute Gasteiger partial charge is 0.403 e. The highest BCUT2D eigenvalue weighted by atomic mass is 127. The van der Waals surface area contributed by atoms with E-state index in [0.717, 1.165) is 6.20 Å². The van der Waals surface area contributed by atoms with Gasteiger partial charge in [-0.25, -0.2) is 4.99 Å². The molecule has 18 heavy (non-hydrogen) atoms. The molecule has 0 saturated carbocycles. The summed E-state index contributed by atoms with van der Waals surface area (Å²) >= 11 is 3.19. The number of rotatable bonds is 6. The summed E-state index contributed by atoms with van der Waals surface area (Å²) in [5.74, 6) is -0.438. The molecular formula is C11H15IN4OS. The van der Waals surface area contributed by atoms with Crippen LogP contribution in [0.3, 0.4) is 0 Å². The maximum Gasteiger partial charge on any atom is 0.276 e. The lowest BCUT2D eigenvalue weighted by molar-refractivity contribution is -0.116. The normalized spacial score (nSPS) is 12.6. The number of halogens is 1. The first kappa shape index (κ1) is 16.8. The first-order valence-corrected chi connectivity index (χ1v) is 6.72. The Morgan fingerprint density at radius 2 is 2.11 bits per heavy atom. The van der Waals surface area contributed by atoms with Crippen LogP contribution in [-0.2, 0) is 4.79 Å². The van der Waals surface area contributed by atoms with Crippen LogP contribution in [0.25, 0.3) is 0 Å². The molecule has 0 aromatic rings. The molecule has 0 heterocycles. The Bertz CT molecular complexity index is 436. The van der Waals surface area contributed by atoms with Crippen molar-refractivity contribution in [3.05, 3.63) is 44.8 Å². The minimum atomic E-state index is -0.438. The van der Waals surface area contributed by atoms with Crippen LogP contribution in [0.5, 0.6) is 0 Å². The predicted molar refractivity (Wildman–Crippen MR) is 86.7 cm³/mol. The third-order valence-electron chi connectivity index (χ3n) is 1.37. The number of aliphatic imine (C=N–C) groups is 1. The number of nitrogens with zero attached hydrogens (tertiary/aromatic N) is 1. The summed E-state index contributed by atoms with van der Waals surface area (Å²) in [7, 11) is 0. The van der Waals surface area contributed by atoms with Crippen LogP contribution in [0.15, 0.2) is 49.8 Å². The van der Waals surface area contributed by atoms with Gasteiger partial charge in [0, 0.05) is 21.7 Å². The molecular weight excluding hydrogens is 363 g/mol. The number of carbonyl (C=O) groups excluding carboxylic acids is 1. The third kappa shape index (κ3) is 7.96. The Kier molecular flexibility index (Phi) is 8.21. The van der Waals surface area contributed by atoms with Crippen LogP contribution < -0.4 is 16.8 Å². The number of thioether (sulfide) groups is 1.